The van der Waals surface area contributed by atoms with Crippen LogP contribution < -0.4 is 5.32 Å². The first-order valence-electron chi connectivity index (χ1n) is 8.55. The number of likely N-dealkylation sites (N-methyl/N-ethyl adjacent to an activating group) is 1. The second kappa shape index (κ2) is 7.42. The number of aryl methyl sites for hydroxylation is 1. The van der Waals surface area contributed by atoms with E-state index in [-0.39, 0.29) is 11.6 Å². The van der Waals surface area contributed by atoms with Crippen LogP contribution in [0.4, 0.5) is 0 Å². The molecule has 0 bridgehead atoms. The number of hydrogen-bond acceptors (Lipinski definition) is 2. The molecule has 1 aliphatic rings. The Kier molecular flexibility index (Phi) is 5.83. The SMILES string of the molecule is CCOC1(C(NC)c2cccc(CC)c2)CCCC(C)C1. The molecular weight excluding hydrogens is 258 g/mol. The fraction of sp³-hybridized carbons (Fsp3) is 0.684. The highest BCUT2D eigenvalue weighted by molar-refractivity contribution is 5.28. The molecular formula is C19H31NO. The average Bonchev–Trinajstić information content (AvgIpc) is 2.48. The minimum atomic E-state index is -0.0481. The van der Waals surface area contributed by atoms with Crippen molar-refractivity contribution < 1.29 is 4.74 Å². The summed E-state index contributed by atoms with van der Waals surface area (Å²) in [4.78, 5) is 0. The molecule has 0 aromatic heterocycles. The zero-order chi connectivity index (χ0) is 15.3. The third-order valence-electron chi connectivity index (χ3n) is 4.93. The number of hydrogen-bond donors (Lipinski definition) is 1. The molecule has 2 rings (SSSR count). The summed E-state index contributed by atoms with van der Waals surface area (Å²) < 4.78 is 6.36. The van der Waals surface area contributed by atoms with Gasteiger partial charge in [-0.2, -0.15) is 0 Å². The molecule has 118 valence electrons. The van der Waals surface area contributed by atoms with Crippen LogP contribution in [0.25, 0.3) is 0 Å². The lowest BCUT2D eigenvalue weighted by molar-refractivity contribution is -0.100. The third kappa shape index (κ3) is 3.67. The average molecular weight is 289 g/mol. The molecule has 2 nitrogen and oxygen atoms in total. The van der Waals surface area contributed by atoms with Gasteiger partial charge in [0.25, 0.3) is 0 Å². The molecule has 3 atom stereocenters. The molecule has 1 aromatic carbocycles. The monoisotopic (exact) mass is 289 g/mol. The Morgan fingerprint density at radius 3 is 2.81 bits per heavy atom. The van der Waals surface area contributed by atoms with Crippen molar-refractivity contribution in [1.29, 1.82) is 0 Å². The van der Waals surface area contributed by atoms with Gasteiger partial charge in [-0.15, -0.1) is 0 Å². The third-order valence-corrected chi connectivity index (χ3v) is 4.93. The van der Waals surface area contributed by atoms with E-state index in [9.17, 15) is 0 Å². The van der Waals surface area contributed by atoms with Crippen LogP contribution in [0.3, 0.4) is 0 Å². The second-order valence-electron chi connectivity index (χ2n) is 6.52. The molecule has 0 saturated heterocycles. The van der Waals surface area contributed by atoms with Gasteiger partial charge in [-0.05, 0) is 50.3 Å². The molecule has 1 aromatic rings. The van der Waals surface area contributed by atoms with E-state index in [1.807, 2.05) is 0 Å². The normalized spacial score (nSPS) is 27.5. The predicted octanol–water partition coefficient (Wildman–Crippen LogP) is 4.49. The molecule has 0 radical (unpaired) electrons. The number of benzene rings is 1. The highest BCUT2D eigenvalue weighted by atomic mass is 16.5. The Bertz CT molecular complexity index is 441. The zero-order valence-electron chi connectivity index (χ0n) is 14.1. The second-order valence-corrected chi connectivity index (χ2v) is 6.52. The molecule has 0 amide bonds. The quantitative estimate of drug-likeness (QED) is 0.833. The summed E-state index contributed by atoms with van der Waals surface area (Å²) in [6.45, 7) is 7.49. The molecule has 1 N–H and O–H groups in total. The van der Waals surface area contributed by atoms with Gasteiger partial charge >= 0.3 is 0 Å². The van der Waals surface area contributed by atoms with Crippen molar-refractivity contribution in [3.63, 3.8) is 0 Å². The minimum Gasteiger partial charge on any atom is -0.373 e. The summed E-state index contributed by atoms with van der Waals surface area (Å²) in [5.41, 5.74) is 2.73. The smallest absolute Gasteiger partial charge is 0.0878 e. The van der Waals surface area contributed by atoms with Crippen LogP contribution >= 0.6 is 0 Å². The van der Waals surface area contributed by atoms with Gasteiger partial charge in [-0.1, -0.05) is 51.0 Å². The van der Waals surface area contributed by atoms with E-state index in [0.717, 1.165) is 31.8 Å². The molecule has 0 aliphatic heterocycles. The van der Waals surface area contributed by atoms with E-state index in [1.165, 1.54) is 24.0 Å². The maximum Gasteiger partial charge on any atom is 0.0878 e. The van der Waals surface area contributed by atoms with Crippen molar-refractivity contribution in [2.24, 2.45) is 5.92 Å². The number of ether oxygens (including phenoxy) is 1. The summed E-state index contributed by atoms with van der Waals surface area (Å²) in [6, 6.07) is 9.28. The Morgan fingerprint density at radius 1 is 1.38 bits per heavy atom. The van der Waals surface area contributed by atoms with Crippen LogP contribution in [-0.4, -0.2) is 19.3 Å². The van der Waals surface area contributed by atoms with Gasteiger partial charge in [-0.25, -0.2) is 0 Å². The van der Waals surface area contributed by atoms with E-state index in [1.54, 1.807) is 0 Å². The molecule has 3 unspecified atom stereocenters. The number of nitrogens with one attached hydrogen (secondary N) is 1. The van der Waals surface area contributed by atoms with E-state index in [4.69, 9.17) is 4.74 Å². The Labute approximate surface area is 130 Å². The minimum absolute atomic E-state index is 0.0481. The van der Waals surface area contributed by atoms with Crippen LogP contribution in [-0.2, 0) is 11.2 Å². The summed E-state index contributed by atoms with van der Waals surface area (Å²) in [6.07, 6.45) is 6.01. The lowest BCUT2D eigenvalue weighted by atomic mass is 9.72. The maximum absolute atomic E-state index is 6.36. The molecule has 0 spiro atoms. The number of rotatable bonds is 6. The highest BCUT2D eigenvalue weighted by Crippen LogP contribution is 2.43. The highest BCUT2D eigenvalue weighted by Gasteiger charge is 2.42. The summed E-state index contributed by atoms with van der Waals surface area (Å²) in [7, 11) is 2.07. The standard InChI is InChI=1S/C19H31NO/c1-5-16-10-7-11-17(13-16)18(20-4)19(21-6-2)12-8-9-15(3)14-19/h7,10-11,13,15,18,20H,5-6,8-9,12,14H2,1-4H3. The van der Waals surface area contributed by atoms with E-state index in [2.05, 4.69) is 57.4 Å². The topological polar surface area (TPSA) is 21.3 Å². The summed E-state index contributed by atoms with van der Waals surface area (Å²) in [5.74, 6) is 0.746. The Morgan fingerprint density at radius 2 is 2.19 bits per heavy atom. The Balaban J connectivity index is 2.34. The van der Waals surface area contributed by atoms with Gasteiger partial charge in [0.1, 0.15) is 0 Å². The van der Waals surface area contributed by atoms with Crippen molar-refractivity contribution in [1.82, 2.24) is 5.32 Å². The zero-order valence-corrected chi connectivity index (χ0v) is 14.1. The largest absolute Gasteiger partial charge is 0.373 e. The maximum atomic E-state index is 6.36. The first kappa shape index (κ1) is 16.5. The Hall–Kier alpha value is -0.860. The van der Waals surface area contributed by atoms with Crippen LogP contribution in [0.15, 0.2) is 24.3 Å². The van der Waals surface area contributed by atoms with Gasteiger partial charge in [0, 0.05) is 6.61 Å². The predicted molar refractivity (Wildman–Crippen MR) is 89.6 cm³/mol. The van der Waals surface area contributed by atoms with Crippen LogP contribution in [0, 0.1) is 5.92 Å². The van der Waals surface area contributed by atoms with Gasteiger partial charge in [0.05, 0.1) is 11.6 Å². The van der Waals surface area contributed by atoms with Crippen LogP contribution in [0.5, 0.6) is 0 Å². The molecule has 2 heteroatoms. The lowest BCUT2D eigenvalue weighted by Crippen LogP contribution is -2.48. The molecule has 1 saturated carbocycles. The lowest BCUT2D eigenvalue weighted by Gasteiger charge is -2.45. The van der Waals surface area contributed by atoms with Crippen molar-refractivity contribution in [3.8, 4) is 0 Å². The van der Waals surface area contributed by atoms with E-state index in [0.29, 0.717) is 0 Å². The molecule has 1 fully saturated rings. The van der Waals surface area contributed by atoms with Crippen LogP contribution in [0.2, 0.25) is 0 Å². The van der Waals surface area contributed by atoms with Crippen molar-refractivity contribution in [2.75, 3.05) is 13.7 Å². The van der Waals surface area contributed by atoms with Gasteiger partial charge in [0.15, 0.2) is 0 Å². The van der Waals surface area contributed by atoms with Gasteiger partial charge < -0.3 is 10.1 Å². The first-order chi connectivity index (χ1) is 10.1. The van der Waals surface area contributed by atoms with Crippen molar-refractivity contribution >= 4 is 0 Å². The summed E-state index contributed by atoms with van der Waals surface area (Å²) >= 11 is 0. The van der Waals surface area contributed by atoms with E-state index >= 15 is 0 Å². The van der Waals surface area contributed by atoms with Gasteiger partial charge in [-0.3, -0.25) is 0 Å². The van der Waals surface area contributed by atoms with Crippen molar-refractivity contribution in [2.45, 2.75) is 64.5 Å². The fourth-order valence-corrected chi connectivity index (χ4v) is 4.03. The fourth-order valence-electron chi connectivity index (χ4n) is 4.03. The van der Waals surface area contributed by atoms with Crippen LogP contribution in [0.1, 0.15) is 63.6 Å². The molecule has 0 heterocycles. The van der Waals surface area contributed by atoms with E-state index < -0.39 is 0 Å². The molecule has 1 aliphatic carbocycles. The van der Waals surface area contributed by atoms with Gasteiger partial charge in [0.2, 0.25) is 0 Å². The summed E-state index contributed by atoms with van der Waals surface area (Å²) in [5, 5.41) is 3.56. The molecule has 21 heavy (non-hydrogen) atoms. The first-order valence-corrected chi connectivity index (χ1v) is 8.55. The van der Waals surface area contributed by atoms with Crippen molar-refractivity contribution in [3.05, 3.63) is 35.4 Å².